The Morgan fingerprint density at radius 1 is 0.720 bits per heavy atom. The highest BCUT2D eigenvalue weighted by atomic mass is 35.5. The van der Waals surface area contributed by atoms with Gasteiger partial charge in [0.25, 0.3) is 0 Å². The number of alkyl halides is 3. The molecule has 25 heavy (non-hydrogen) atoms. The van der Waals surface area contributed by atoms with E-state index in [4.69, 9.17) is 11.6 Å². The molecular formula is C21H26ClF3. The standard InChI is InChI=1S/C11H13F3.C10H13Cl/c1-2-3-4-9-5-7-10(8-6-9)11(12,13)14;1-2-3-4-9-5-7-10(11)8-6-9/h5-8H,2-4H2,1H3;5-8H,2-4H2,1H3. The van der Waals surface area contributed by atoms with Gasteiger partial charge in [0.1, 0.15) is 0 Å². The maximum atomic E-state index is 12.2. The monoisotopic (exact) mass is 370 g/mol. The molecule has 2 aromatic rings. The fourth-order valence-electron chi connectivity index (χ4n) is 2.27. The highest BCUT2D eigenvalue weighted by Crippen LogP contribution is 2.29. The van der Waals surface area contributed by atoms with Crippen molar-refractivity contribution in [1.82, 2.24) is 0 Å². The third-order valence-corrected chi connectivity index (χ3v) is 4.08. The van der Waals surface area contributed by atoms with Crippen LogP contribution in [-0.2, 0) is 19.0 Å². The van der Waals surface area contributed by atoms with Gasteiger partial charge in [-0.25, -0.2) is 0 Å². The van der Waals surface area contributed by atoms with Crippen LogP contribution in [0.2, 0.25) is 5.02 Å². The van der Waals surface area contributed by atoms with Gasteiger partial charge >= 0.3 is 6.18 Å². The van der Waals surface area contributed by atoms with Crippen LogP contribution in [0.5, 0.6) is 0 Å². The van der Waals surface area contributed by atoms with E-state index in [0.29, 0.717) is 0 Å². The van der Waals surface area contributed by atoms with Crippen molar-refractivity contribution in [3.63, 3.8) is 0 Å². The summed E-state index contributed by atoms with van der Waals surface area (Å²) in [6.45, 7) is 4.26. The SMILES string of the molecule is CCCCc1ccc(C(F)(F)F)cc1.CCCCc1ccc(Cl)cc1. The van der Waals surface area contributed by atoms with Gasteiger partial charge < -0.3 is 0 Å². The molecule has 0 aliphatic heterocycles. The molecule has 0 fully saturated rings. The van der Waals surface area contributed by atoms with Crippen LogP contribution in [0.25, 0.3) is 0 Å². The molecule has 4 heteroatoms. The van der Waals surface area contributed by atoms with E-state index in [9.17, 15) is 13.2 Å². The van der Waals surface area contributed by atoms with Gasteiger partial charge in [-0.05, 0) is 61.1 Å². The zero-order chi connectivity index (χ0) is 18.7. The topological polar surface area (TPSA) is 0 Å². The molecule has 0 unspecified atom stereocenters. The summed E-state index contributed by atoms with van der Waals surface area (Å²) in [6.07, 6.45) is 2.40. The van der Waals surface area contributed by atoms with Gasteiger partial charge in [-0.3, -0.25) is 0 Å². The van der Waals surface area contributed by atoms with E-state index in [2.05, 4.69) is 26.0 Å². The molecule has 0 atom stereocenters. The Kier molecular flexibility index (Phi) is 9.66. The maximum absolute atomic E-state index is 12.2. The first-order valence-corrected chi connectivity index (χ1v) is 9.15. The molecule has 0 spiro atoms. The summed E-state index contributed by atoms with van der Waals surface area (Å²) < 4.78 is 36.5. The summed E-state index contributed by atoms with van der Waals surface area (Å²) >= 11 is 5.75. The lowest BCUT2D eigenvalue weighted by molar-refractivity contribution is -0.137. The second-order valence-electron chi connectivity index (χ2n) is 6.03. The van der Waals surface area contributed by atoms with Crippen molar-refractivity contribution in [2.45, 2.75) is 58.5 Å². The molecule has 0 nitrogen and oxygen atoms in total. The van der Waals surface area contributed by atoms with Crippen molar-refractivity contribution in [3.8, 4) is 0 Å². The molecule has 0 saturated carbocycles. The zero-order valence-corrected chi connectivity index (χ0v) is 15.6. The fraction of sp³-hybridized carbons (Fsp3) is 0.429. The molecule has 0 heterocycles. The van der Waals surface area contributed by atoms with Crippen molar-refractivity contribution >= 4 is 11.6 Å². The molecule has 2 aromatic carbocycles. The third kappa shape index (κ3) is 8.97. The maximum Gasteiger partial charge on any atom is 0.416 e. The molecule has 0 saturated heterocycles. The van der Waals surface area contributed by atoms with E-state index < -0.39 is 11.7 Å². The van der Waals surface area contributed by atoms with Crippen LogP contribution in [0.3, 0.4) is 0 Å². The van der Waals surface area contributed by atoms with Gasteiger partial charge in [0, 0.05) is 5.02 Å². The van der Waals surface area contributed by atoms with E-state index in [1.54, 1.807) is 12.1 Å². The van der Waals surface area contributed by atoms with Crippen LogP contribution in [0.4, 0.5) is 13.2 Å². The minimum atomic E-state index is -4.22. The Labute approximate surface area is 154 Å². The molecule has 0 aliphatic carbocycles. The van der Waals surface area contributed by atoms with Crippen LogP contribution in [0.15, 0.2) is 48.5 Å². The first kappa shape index (κ1) is 21.6. The molecule has 0 amide bonds. The highest BCUT2D eigenvalue weighted by Gasteiger charge is 2.29. The second kappa shape index (κ2) is 11.2. The van der Waals surface area contributed by atoms with Crippen molar-refractivity contribution in [2.75, 3.05) is 0 Å². The summed E-state index contributed by atoms with van der Waals surface area (Å²) in [5, 5.41) is 0.824. The first-order chi connectivity index (χ1) is 11.9. The van der Waals surface area contributed by atoms with Crippen molar-refractivity contribution in [2.24, 2.45) is 0 Å². The number of halogens is 4. The number of aryl methyl sites for hydroxylation is 2. The van der Waals surface area contributed by atoms with Crippen LogP contribution >= 0.6 is 11.6 Å². The molecule has 0 N–H and O–H groups in total. The quantitative estimate of drug-likeness (QED) is 0.488. The lowest BCUT2D eigenvalue weighted by Gasteiger charge is -2.07. The van der Waals surface area contributed by atoms with E-state index in [0.717, 1.165) is 42.0 Å². The van der Waals surface area contributed by atoms with Crippen molar-refractivity contribution in [1.29, 1.82) is 0 Å². The third-order valence-electron chi connectivity index (χ3n) is 3.83. The smallest absolute Gasteiger partial charge is 0.166 e. The molecule has 0 aliphatic rings. The molecule has 2 rings (SSSR count). The van der Waals surface area contributed by atoms with E-state index in [1.165, 1.54) is 24.8 Å². The number of hydrogen-bond acceptors (Lipinski definition) is 0. The summed E-state index contributed by atoms with van der Waals surface area (Å²) in [5.41, 5.74) is 1.79. The van der Waals surface area contributed by atoms with Crippen LogP contribution in [0, 0.1) is 0 Å². The Balaban J connectivity index is 0.000000257. The Hall–Kier alpha value is -1.48. The summed E-state index contributed by atoms with van der Waals surface area (Å²) in [5.74, 6) is 0. The van der Waals surface area contributed by atoms with E-state index in [-0.39, 0.29) is 0 Å². The van der Waals surface area contributed by atoms with Crippen molar-refractivity contribution < 1.29 is 13.2 Å². The highest BCUT2D eigenvalue weighted by molar-refractivity contribution is 6.30. The largest absolute Gasteiger partial charge is 0.416 e. The first-order valence-electron chi connectivity index (χ1n) is 8.77. The fourth-order valence-corrected chi connectivity index (χ4v) is 2.40. The number of rotatable bonds is 6. The Morgan fingerprint density at radius 3 is 1.48 bits per heavy atom. The van der Waals surface area contributed by atoms with Gasteiger partial charge in [0.15, 0.2) is 0 Å². The summed E-state index contributed by atoms with van der Waals surface area (Å²) in [6, 6.07) is 13.5. The predicted octanol–water partition coefficient (Wildman–Crippen LogP) is 7.73. The van der Waals surface area contributed by atoms with Crippen LogP contribution in [0.1, 0.15) is 56.2 Å². The normalized spacial score (nSPS) is 11.0. The molecule has 0 bridgehead atoms. The molecule has 0 radical (unpaired) electrons. The number of unbranched alkanes of at least 4 members (excludes halogenated alkanes) is 2. The zero-order valence-electron chi connectivity index (χ0n) is 14.9. The average molecular weight is 371 g/mol. The summed E-state index contributed by atoms with van der Waals surface area (Å²) in [4.78, 5) is 0. The number of hydrogen-bond donors (Lipinski definition) is 0. The van der Waals surface area contributed by atoms with Crippen LogP contribution in [-0.4, -0.2) is 0 Å². The lowest BCUT2D eigenvalue weighted by Crippen LogP contribution is -2.04. The van der Waals surface area contributed by atoms with E-state index in [1.807, 2.05) is 12.1 Å². The minimum Gasteiger partial charge on any atom is -0.166 e. The van der Waals surface area contributed by atoms with Gasteiger partial charge in [-0.15, -0.1) is 0 Å². The van der Waals surface area contributed by atoms with E-state index >= 15 is 0 Å². The average Bonchev–Trinajstić information content (AvgIpc) is 2.60. The van der Waals surface area contributed by atoms with Gasteiger partial charge in [-0.1, -0.05) is 62.6 Å². The van der Waals surface area contributed by atoms with Gasteiger partial charge in [-0.2, -0.15) is 13.2 Å². The second-order valence-corrected chi connectivity index (χ2v) is 6.46. The van der Waals surface area contributed by atoms with Gasteiger partial charge in [0.05, 0.1) is 5.56 Å². The minimum absolute atomic E-state index is 0.572. The molecule has 138 valence electrons. The van der Waals surface area contributed by atoms with Crippen LogP contribution < -0.4 is 0 Å². The molecule has 0 aromatic heterocycles. The summed E-state index contributed by atoms with van der Waals surface area (Å²) in [7, 11) is 0. The molecular weight excluding hydrogens is 345 g/mol. The lowest BCUT2D eigenvalue weighted by atomic mass is 10.1. The number of benzene rings is 2. The Morgan fingerprint density at radius 2 is 1.12 bits per heavy atom. The van der Waals surface area contributed by atoms with Gasteiger partial charge in [0.2, 0.25) is 0 Å². The predicted molar refractivity (Wildman–Crippen MR) is 100 cm³/mol. The van der Waals surface area contributed by atoms with Crippen molar-refractivity contribution in [3.05, 3.63) is 70.2 Å². The Bertz CT molecular complexity index is 586.